The van der Waals surface area contributed by atoms with Crippen molar-refractivity contribution in [2.24, 2.45) is 4.99 Å². The molecule has 2 aromatic heterocycles. The second-order valence-corrected chi connectivity index (χ2v) is 10.3. The molecule has 0 bridgehead atoms. The topological polar surface area (TPSA) is 104 Å². The number of halogens is 4. The van der Waals surface area contributed by atoms with Crippen LogP contribution in [0.3, 0.4) is 0 Å². The number of aliphatic carboxylic acids is 1. The van der Waals surface area contributed by atoms with Gasteiger partial charge in [0.25, 0.3) is 0 Å². The zero-order valence-electron chi connectivity index (χ0n) is 22.2. The van der Waals surface area contributed by atoms with E-state index in [9.17, 15) is 27.5 Å². The summed E-state index contributed by atoms with van der Waals surface area (Å²) < 4.78 is 67.0. The molecule has 3 aromatic rings. The summed E-state index contributed by atoms with van der Waals surface area (Å²) >= 11 is 0.756. The highest BCUT2D eigenvalue weighted by molar-refractivity contribution is 7.08. The number of alkyl halides is 3. The third kappa shape index (κ3) is 5.45. The van der Waals surface area contributed by atoms with Crippen LogP contribution < -0.4 is 19.3 Å². The molecule has 0 aliphatic carbocycles. The van der Waals surface area contributed by atoms with Crippen LogP contribution in [0.1, 0.15) is 30.5 Å². The van der Waals surface area contributed by atoms with Gasteiger partial charge in [-0.1, -0.05) is 0 Å². The minimum absolute atomic E-state index is 0.0235. The lowest BCUT2D eigenvalue weighted by Crippen LogP contribution is -2.58. The summed E-state index contributed by atoms with van der Waals surface area (Å²) in [6, 6.07) is 3.33. The Balaban J connectivity index is 1.60. The molecule has 0 radical (unpaired) electrons. The number of aliphatic imine (C=N–C) groups is 1. The van der Waals surface area contributed by atoms with Gasteiger partial charge in [-0.3, -0.25) is 4.79 Å². The maximum absolute atomic E-state index is 14.9. The van der Waals surface area contributed by atoms with E-state index < -0.39 is 35.3 Å². The van der Waals surface area contributed by atoms with Crippen LogP contribution in [-0.4, -0.2) is 71.8 Å². The number of carboxylic acid groups (broad SMARTS) is 1. The molecular weight excluding hydrogens is 568 g/mol. The van der Waals surface area contributed by atoms with Gasteiger partial charge in [0.15, 0.2) is 0 Å². The maximum atomic E-state index is 14.9. The first-order valence-corrected chi connectivity index (χ1v) is 13.4. The van der Waals surface area contributed by atoms with E-state index in [4.69, 9.17) is 9.47 Å². The monoisotopic (exact) mass is 594 g/mol. The van der Waals surface area contributed by atoms with Crippen molar-refractivity contribution in [3.8, 4) is 11.6 Å². The van der Waals surface area contributed by atoms with Crippen LogP contribution >= 0.6 is 11.3 Å². The van der Waals surface area contributed by atoms with Crippen molar-refractivity contribution < 1.29 is 36.9 Å². The Kier molecular flexibility index (Phi) is 7.64. The van der Waals surface area contributed by atoms with E-state index in [1.165, 1.54) is 30.6 Å². The summed E-state index contributed by atoms with van der Waals surface area (Å²) in [5, 5.41) is 10.6. The molecule has 5 rings (SSSR count). The van der Waals surface area contributed by atoms with Crippen LogP contribution in [0.25, 0.3) is 0 Å². The predicted molar refractivity (Wildman–Crippen MR) is 144 cm³/mol. The molecule has 0 amide bonds. The summed E-state index contributed by atoms with van der Waals surface area (Å²) in [5.41, 5.74) is -0.729. The van der Waals surface area contributed by atoms with Gasteiger partial charge in [0, 0.05) is 48.9 Å². The number of anilines is 2. The molecular formula is C26H26F4N6O4S. The van der Waals surface area contributed by atoms with Crippen LogP contribution in [0.2, 0.25) is 0 Å². The third-order valence-electron chi connectivity index (χ3n) is 6.97. The van der Waals surface area contributed by atoms with E-state index in [1.807, 2.05) is 11.8 Å². The van der Waals surface area contributed by atoms with E-state index in [0.717, 1.165) is 23.5 Å². The first kappa shape index (κ1) is 28.4. The van der Waals surface area contributed by atoms with Crippen molar-refractivity contribution in [2.75, 3.05) is 43.7 Å². The number of thiophene rings is 1. The quantitative estimate of drug-likeness (QED) is 0.397. The molecule has 4 heterocycles. The molecule has 2 aliphatic heterocycles. The highest BCUT2D eigenvalue weighted by Crippen LogP contribution is 2.47. The number of carbonyl (C=O) groups is 1. The normalized spacial score (nSPS) is 19.1. The SMILES string of the molecule is COc1ccnc(N2CCN(C3=Nc4c(csc4F)[C@H](CC(=O)O)N3c3cc(C(F)(F)F)ccc3OC)C[C@H]2C)n1. The number of nitrogens with zero attached hydrogens (tertiary/aromatic N) is 6. The van der Waals surface area contributed by atoms with Crippen molar-refractivity contribution in [3.63, 3.8) is 0 Å². The van der Waals surface area contributed by atoms with Gasteiger partial charge in [0.05, 0.1) is 37.9 Å². The molecule has 1 saturated heterocycles. The van der Waals surface area contributed by atoms with Crippen molar-refractivity contribution in [1.29, 1.82) is 0 Å². The number of carboxylic acids is 1. The molecule has 1 aromatic carbocycles. The molecule has 15 heteroatoms. The Bertz CT molecular complexity index is 1480. The summed E-state index contributed by atoms with van der Waals surface area (Å²) in [5.74, 6) is -0.180. The fraction of sp³-hybridized carbons (Fsp3) is 0.385. The van der Waals surface area contributed by atoms with Gasteiger partial charge in [0.2, 0.25) is 22.9 Å². The number of piperazine rings is 1. The number of ether oxygens (including phenoxy) is 2. The van der Waals surface area contributed by atoms with Crippen molar-refractivity contribution in [2.45, 2.75) is 31.6 Å². The fourth-order valence-corrected chi connectivity index (χ4v) is 5.83. The molecule has 1 N–H and O–H groups in total. The lowest BCUT2D eigenvalue weighted by Gasteiger charge is -2.46. The number of guanidine groups is 1. The molecule has 218 valence electrons. The van der Waals surface area contributed by atoms with Crippen molar-refractivity contribution in [1.82, 2.24) is 14.9 Å². The second-order valence-electron chi connectivity index (χ2n) is 9.48. The summed E-state index contributed by atoms with van der Waals surface area (Å²) in [6.45, 7) is 2.92. The predicted octanol–water partition coefficient (Wildman–Crippen LogP) is 4.95. The molecule has 0 saturated carbocycles. The van der Waals surface area contributed by atoms with Gasteiger partial charge < -0.3 is 29.3 Å². The van der Waals surface area contributed by atoms with Gasteiger partial charge in [-0.25, -0.2) is 9.98 Å². The smallest absolute Gasteiger partial charge is 0.416 e. The zero-order chi connectivity index (χ0) is 29.5. The number of benzene rings is 1. The lowest BCUT2D eigenvalue weighted by atomic mass is 10.00. The molecule has 2 atom stereocenters. The molecule has 41 heavy (non-hydrogen) atoms. The van der Waals surface area contributed by atoms with Gasteiger partial charge in [-0.15, -0.1) is 11.3 Å². The van der Waals surface area contributed by atoms with Gasteiger partial charge >= 0.3 is 12.1 Å². The average Bonchev–Trinajstić information content (AvgIpc) is 3.32. The minimum atomic E-state index is -4.67. The van der Waals surface area contributed by atoms with Crippen molar-refractivity contribution >= 4 is 40.6 Å². The highest BCUT2D eigenvalue weighted by Gasteiger charge is 2.41. The van der Waals surface area contributed by atoms with Crippen molar-refractivity contribution in [3.05, 3.63) is 52.1 Å². The third-order valence-corrected chi connectivity index (χ3v) is 7.75. The number of aromatic nitrogens is 2. The fourth-order valence-electron chi connectivity index (χ4n) is 5.06. The maximum Gasteiger partial charge on any atom is 0.416 e. The largest absolute Gasteiger partial charge is 0.495 e. The Labute approximate surface area is 236 Å². The van der Waals surface area contributed by atoms with E-state index in [0.29, 0.717) is 31.5 Å². The van der Waals surface area contributed by atoms with Crippen LogP contribution in [-0.2, 0) is 11.0 Å². The van der Waals surface area contributed by atoms with Crippen LogP contribution in [0, 0.1) is 5.13 Å². The molecule has 1 fully saturated rings. The second kappa shape index (κ2) is 11.0. The van der Waals surface area contributed by atoms with Crippen LogP contribution in [0.5, 0.6) is 11.6 Å². The average molecular weight is 595 g/mol. The number of rotatable bonds is 6. The number of fused-ring (bicyclic) bond motifs is 1. The number of hydrogen-bond acceptors (Lipinski definition) is 10. The van der Waals surface area contributed by atoms with E-state index >= 15 is 0 Å². The first-order chi connectivity index (χ1) is 19.5. The minimum Gasteiger partial charge on any atom is -0.495 e. The first-order valence-electron chi connectivity index (χ1n) is 12.5. The number of hydrogen-bond donors (Lipinski definition) is 1. The molecule has 10 nitrogen and oxygen atoms in total. The Morgan fingerprint density at radius 1 is 1.20 bits per heavy atom. The Hall–Kier alpha value is -4.14. The summed E-state index contributed by atoms with van der Waals surface area (Å²) in [6.07, 6.45) is -3.62. The van der Waals surface area contributed by atoms with E-state index in [2.05, 4.69) is 15.0 Å². The lowest BCUT2D eigenvalue weighted by molar-refractivity contribution is -0.138. The van der Waals surface area contributed by atoms with Gasteiger partial charge in [-0.2, -0.15) is 22.5 Å². The van der Waals surface area contributed by atoms with E-state index in [1.54, 1.807) is 17.2 Å². The molecule has 0 unspecified atom stereocenters. The van der Waals surface area contributed by atoms with E-state index in [-0.39, 0.29) is 34.7 Å². The zero-order valence-corrected chi connectivity index (χ0v) is 23.0. The van der Waals surface area contributed by atoms with Crippen LogP contribution in [0.15, 0.2) is 40.8 Å². The summed E-state index contributed by atoms with van der Waals surface area (Å²) in [7, 11) is 2.81. The van der Waals surface area contributed by atoms with Crippen LogP contribution in [0.4, 0.5) is 34.9 Å². The molecule has 0 spiro atoms. The molecule has 2 aliphatic rings. The Morgan fingerprint density at radius 3 is 2.63 bits per heavy atom. The van der Waals surface area contributed by atoms with Gasteiger partial charge in [-0.05, 0) is 25.1 Å². The summed E-state index contributed by atoms with van der Waals surface area (Å²) in [4.78, 5) is 30.5. The van der Waals surface area contributed by atoms with Gasteiger partial charge in [0.1, 0.15) is 11.4 Å². The number of methoxy groups -OCH3 is 2. The highest BCUT2D eigenvalue weighted by atomic mass is 32.1. The Morgan fingerprint density at radius 2 is 1.98 bits per heavy atom. The standard InChI is InChI=1S/C26H26F4N6O4S/c1-14-12-34(8-9-35(14)24-31-7-6-20(32-24)40-3)25-33-22-16(13-41-23(22)27)17(11-21(37)38)36(25)18-10-15(26(28,29)30)4-5-19(18)39-2/h4-7,10,13-14,17H,8-9,11-12H2,1-3H3,(H,37,38)/t14-,17+/m1/s1.